The number of rotatable bonds is 2. The van der Waals surface area contributed by atoms with Crippen LogP contribution in [0.4, 0.5) is 0 Å². The van der Waals surface area contributed by atoms with Crippen LogP contribution >= 0.6 is 0 Å². The lowest BCUT2D eigenvalue weighted by Gasteiger charge is -2.23. The molecular formula is C11H19O2Si. The summed E-state index contributed by atoms with van der Waals surface area (Å²) < 4.78 is 5.56. The molecule has 1 radical (unpaired) electrons. The summed E-state index contributed by atoms with van der Waals surface area (Å²) in [5.41, 5.74) is 0.162. The summed E-state index contributed by atoms with van der Waals surface area (Å²) in [5.74, 6) is 1.13. The first kappa shape index (κ1) is 11.5. The molecule has 14 heavy (non-hydrogen) atoms. The molecule has 0 bridgehead atoms. The van der Waals surface area contributed by atoms with Crippen LogP contribution in [0.2, 0.25) is 13.1 Å². The number of allylic oxidation sites excluding steroid dienone is 2. The molecule has 3 heteroatoms. The number of Topliss-reactive ketones (excluding diaryl/α,β-unsaturated/α-hetero) is 1. The molecule has 0 amide bonds. The van der Waals surface area contributed by atoms with E-state index in [0.29, 0.717) is 18.1 Å². The Morgan fingerprint density at radius 2 is 2.00 bits per heavy atom. The Labute approximate surface area is 88.1 Å². The van der Waals surface area contributed by atoms with Crippen molar-refractivity contribution in [2.75, 3.05) is 0 Å². The molecule has 0 aromatic rings. The third-order valence-corrected chi connectivity index (χ3v) is 3.09. The molecule has 1 atom stereocenters. The molecule has 0 fully saturated rings. The molecule has 0 saturated carbocycles. The molecule has 2 nitrogen and oxygen atoms in total. The highest BCUT2D eigenvalue weighted by Crippen LogP contribution is 2.36. The van der Waals surface area contributed by atoms with Crippen LogP contribution in [0.5, 0.6) is 0 Å². The van der Waals surface area contributed by atoms with E-state index in [9.17, 15) is 4.79 Å². The molecule has 1 rings (SSSR count). The fraction of sp³-hybridized carbons (Fsp3) is 0.727. The number of carbonyl (C=O) groups excluding carboxylic acids is 1. The van der Waals surface area contributed by atoms with Crippen LogP contribution in [0.25, 0.3) is 0 Å². The van der Waals surface area contributed by atoms with E-state index >= 15 is 0 Å². The minimum Gasteiger partial charge on any atom is -0.540 e. The molecule has 1 aliphatic rings. The Kier molecular flexibility index (Phi) is 3.19. The Morgan fingerprint density at radius 1 is 1.43 bits per heavy atom. The standard InChI is InChI=1S/C11H19O2Si/c1-11(2,3)8-6-9(12)10(7-8)13-14(4)5/h7-8H,6H2,1-5H3. The van der Waals surface area contributed by atoms with Crippen molar-refractivity contribution < 1.29 is 9.22 Å². The minimum atomic E-state index is -0.807. The van der Waals surface area contributed by atoms with Crippen molar-refractivity contribution in [1.82, 2.24) is 0 Å². The van der Waals surface area contributed by atoms with Crippen molar-refractivity contribution in [2.45, 2.75) is 40.3 Å². The summed E-state index contributed by atoms with van der Waals surface area (Å²) in [6.07, 6.45) is 2.63. The van der Waals surface area contributed by atoms with Gasteiger partial charge in [-0.3, -0.25) is 4.79 Å². The molecule has 0 spiro atoms. The molecular weight excluding hydrogens is 192 g/mol. The zero-order valence-electron chi connectivity index (χ0n) is 9.68. The van der Waals surface area contributed by atoms with Crippen molar-refractivity contribution in [3.8, 4) is 0 Å². The van der Waals surface area contributed by atoms with Gasteiger partial charge in [0, 0.05) is 6.42 Å². The SMILES string of the molecule is C[Si](C)OC1=CC(C(C)(C)C)CC1=O. The summed E-state index contributed by atoms with van der Waals surface area (Å²) in [5, 5.41) is 0. The molecule has 79 valence electrons. The third kappa shape index (κ3) is 2.71. The van der Waals surface area contributed by atoms with Gasteiger partial charge in [-0.2, -0.15) is 0 Å². The second-order valence-corrected chi connectivity index (χ2v) is 7.16. The van der Waals surface area contributed by atoms with Crippen LogP contribution in [0, 0.1) is 11.3 Å². The molecule has 0 N–H and O–H groups in total. The third-order valence-electron chi connectivity index (χ3n) is 2.46. The lowest BCUT2D eigenvalue weighted by molar-refractivity contribution is -0.117. The van der Waals surface area contributed by atoms with Gasteiger partial charge in [-0.05, 0) is 30.5 Å². The maximum Gasteiger partial charge on any atom is 0.274 e. The van der Waals surface area contributed by atoms with Crippen molar-refractivity contribution in [1.29, 1.82) is 0 Å². The monoisotopic (exact) mass is 211 g/mol. The minimum absolute atomic E-state index is 0.162. The molecule has 1 aliphatic carbocycles. The average Bonchev–Trinajstić information content (AvgIpc) is 2.30. The van der Waals surface area contributed by atoms with Gasteiger partial charge in [0.25, 0.3) is 9.04 Å². The molecule has 0 heterocycles. The second-order valence-electron chi connectivity index (χ2n) is 5.14. The van der Waals surface area contributed by atoms with Crippen LogP contribution in [0.15, 0.2) is 11.8 Å². The number of ketones is 1. The van der Waals surface area contributed by atoms with E-state index in [1.165, 1.54) is 0 Å². The van der Waals surface area contributed by atoms with Crippen molar-refractivity contribution in [2.24, 2.45) is 11.3 Å². The molecule has 0 saturated heterocycles. The summed E-state index contributed by atoms with van der Waals surface area (Å²) in [4.78, 5) is 11.6. The van der Waals surface area contributed by atoms with E-state index in [1.54, 1.807) is 0 Å². The molecule has 0 aromatic heterocycles. The van der Waals surface area contributed by atoms with Gasteiger partial charge in [-0.1, -0.05) is 20.8 Å². The Balaban J connectivity index is 2.73. The van der Waals surface area contributed by atoms with Gasteiger partial charge in [0.15, 0.2) is 5.78 Å². The van der Waals surface area contributed by atoms with Gasteiger partial charge >= 0.3 is 0 Å². The number of carbonyl (C=O) groups is 1. The first-order valence-corrected chi connectivity index (χ1v) is 7.44. The Bertz CT molecular complexity index is 261. The van der Waals surface area contributed by atoms with E-state index in [4.69, 9.17) is 4.43 Å². The summed E-state index contributed by atoms with van der Waals surface area (Å²) in [6.45, 7) is 10.6. The largest absolute Gasteiger partial charge is 0.540 e. The maximum absolute atomic E-state index is 11.6. The average molecular weight is 211 g/mol. The highest BCUT2D eigenvalue weighted by atomic mass is 28.3. The quantitative estimate of drug-likeness (QED) is 0.657. The van der Waals surface area contributed by atoms with Gasteiger partial charge in [0.2, 0.25) is 0 Å². The smallest absolute Gasteiger partial charge is 0.274 e. The van der Waals surface area contributed by atoms with E-state index in [0.717, 1.165) is 0 Å². The van der Waals surface area contributed by atoms with Crippen LogP contribution in [-0.2, 0) is 9.22 Å². The van der Waals surface area contributed by atoms with Crippen LogP contribution in [0.3, 0.4) is 0 Å². The maximum atomic E-state index is 11.6. The topological polar surface area (TPSA) is 26.3 Å². The highest BCUT2D eigenvalue weighted by molar-refractivity contribution is 6.49. The second kappa shape index (κ2) is 3.89. The fourth-order valence-corrected chi connectivity index (χ4v) is 2.12. The number of hydrogen-bond donors (Lipinski definition) is 0. The van der Waals surface area contributed by atoms with Crippen molar-refractivity contribution in [3.63, 3.8) is 0 Å². The first-order valence-electron chi connectivity index (χ1n) is 5.03. The lowest BCUT2D eigenvalue weighted by Crippen LogP contribution is -2.17. The molecule has 0 aromatic carbocycles. The van der Waals surface area contributed by atoms with E-state index in [2.05, 4.69) is 20.8 Å². The van der Waals surface area contributed by atoms with Crippen LogP contribution in [0.1, 0.15) is 27.2 Å². The summed E-state index contributed by atoms with van der Waals surface area (Å²) >= 11 is 0. The zero-order chi connectivity index (χ0) is 10.9. The van der Waals surface area contributed by atoms with E-state index in [-0.39, 0.29) is 11.2 Å². The summed E-state index contributed by atoms with van der Waals surface area (Å²) in [6, 6.07) is 0. The summed E-state index contributed by atoms with van der Waals surface area (Å²) in [7, 11) is -0.807. The van der Waals surface area contributed by atoms with Gasteiger partial charge in [0.05, 0.1) is 0 Å². The first-order chi connectivity index (χ1) is 6.30. The fourth-order valence-electron chi connectivity index (χ4n) is 1.50. The van der Waals surface area contributed by atoms with E-state index in [1.807, 2.05) is 19.2 Å². The normalized spacial score (nSPS) is 22.9. The lowest BCUT2D eigenvalue weighted by atomic mass is 9.80. The van der Waals surface area contributed by atoms with Crippen molar-refractivity contribution in [3.05, 3.63) is 11.8 Å². The van der Waals surface area contributed by atoms with Crippen molar-refractivity contribution >= 4 is 14.8 Å². The highest BCUT2D eigenvalue weighted by Gasteiger charge is 2.33. The van der Waals surface area contributed by atoms with Gasteiger partial charge in [-0.25, -0.2) is 0 Å². The van der Waals surface area contributed by atoms with Crippen LogP contribution < -0.4 is 0 Å². The predicted octanol–water partition coefficient (Wildman–Crippen LogP) is 2.77. The van der Waals surface area contributed by atoms with E-state index < -0.39 is 9.04 Å². The molecule has 0 aliphatic heterocycles. The van der Waals surface area contributed by atoms with Gasteiger partial charge in [-0.15, -0.1) is 0 Å². The van der Waals surface area contributed by atoms with Gasteiger partial charge in [0.1, 0.15) is 5.76 Å². The zero-order valence-corrected chi connectivity index (χ0v) is 10.7. The molecule has 1 unspecified atom stereocenters. The Morgan fingerprint density at radius 3 is 2.36 bits per heavy atom. The van der Waals surface area contributed by atoms with Crippen LogP contribution in [-0.4, -0.2) is 14.8 Å². The Hall–Kier alpha value is -0.573. The predicted molar refractivity (Wildman–Crippen MR) is 59.2 cm³/mol. The number of hydrogen-bond acceptors (Lipinski definition) is 2. The van der Waals surface area contributed by atoms with Gasteiger partial charge < -0.3 is 4.43 Å².